The first-order valence-electron chi connectivity index (χ1n) is 7.69. The minimum atomic E-state index is -0.0448. The molecule has 0 radical (unpaired) electrons. The van der Waals surface area contributed by atoms with E-state index in [0.29, 0.717) is 13.0 Å². The van der Waals surface area contributed by atoms with Gasteiger partial charge < -0.3 is 15.8 Å². The van der Waals surface area contributed by atoms with Crippen molar-refractivity contribution >= 4 is 27.3 Å². The molecule has 0 aliphatic heterocycles. The van der Waals surface area contributed by atoms with Gasteiger partial charge in [0.25, 0.3) is 0 Å². The fourth-order valence-electron chi connectivity index (χ4n) is 3.17. The van der Waals surface area contributed by atoms with Crippen molar-refractivity contribution in [1.82, 2.24) is 5.32 Å². The van der Waals surface area contributed by atoms with Crippen molar-refractivity contribution < 1.29 is 9.53 Å². The molecule has 2 aromatic rings. The summed E-state index contributed by atoms with van der Waals surface area (Å²) in [7, 11) is 1.69. The number of methoxy groups -OCH3 is 1. The third-order valence-corrected chi connectivity index (χ3v) is 5.39. The minimum Gasteiger partial charge on any atom is -0.380 e. The standard InChI is InChI=1S/C17H22N2O2S/c1-21-15-4-3-13(9-14(15)18)17(20)19-10-11-2-5-16-12(8-11)6-7-22-16/h2,5-8,13-15H,3-4,9-10,18H2,1H3,(H,19,20)/t13-,14+,15+/m0/s1. The molecular formula is C17H22N2O2S. The SMILES string of the molecule is CO[C@@H]1CC[C@H](C(=O)NCc2ccc3sccc3c2)C[C@H]1N. The second-order valence-corrected chi connectivity index (χ2v) is 6.91. The van der Waals surface area contributed by atoms with E-state index in [1.807, 2.05) is 0 Å². The number of nitrogens with one attached hydrogen (secondary N) is 1. The van der Waals surface area contributed by atoms with Crippen LogP contribution in [-0.4, -0.2) is 25.2 Å². The Balaban J connectivity index is 1.55. The van der Waals surface area contributed by atoms with Gasteiger partial charge in [0, 0.05) is 30.3 Å². The van der Waals surface area contributed by atoms with Gasteiger partial charge in [-0.15, -0.1) is 11.3 Å². The summed E-state index contributed by atoms with van der Waals surface area (Å²) in [6.07, 6.45) is 2.50. The molecule has 3 rings (SSSR count). The quantitative estimate of drug-likeness (QED) is 0.911. The maximum Gasteiger partial charge on any atom is 0.223 e. The van der Waals surface area contributed by atoms with Crippen molar-refractivity contribution in [2.75, 3.05) is 7.11 Å². The number of thiophene rings is 1. The molecule has 0 unspecified atom stereocenters. The first-order chi connectivity index (χ1) is 10.7. The van der Waals surface area contributed by atoms with E-state index in [2.05, 4.69) is 35.0 Å². The lowest BCUT2D eigenvalue weighted by atomic mass is 9.83. The predicted octanol–water partition coefficient (Wildman–Crippen LogP) is 2.66. The van der Waals surface area contributed by atoms with E-state index in [-0.39, 0.29) is 24.0 Å². The monoisotopic (exact) mass is 318 g/mol. The molecule has 1 aliphatic carbocycles. The van der Waals surface area contributed by atoms with Gasteiger partial charge >= 0.3 is 0 Å². The fourth-order valence-corrected chi connectivity index (χ4v) is 3.94. The molecule has 4 nitrogen and oxygen atoms in total. The van der Waals surface area contributed by atoms with Gasteiger partial charge in [-0.05, 0) is 53.8 Å². The van der Waals surface area contributed by atoms with Crippen LogP contribution in [0.1, 0.15) is 24.8 Å². The molecule has 0 saturated heterocycles. The highest BCUT2D eigenvalue weighted by Crippen LogP contribution is 2.26. The first kappa shape index (κ1) is 15.5. The van der Waals surface area contributed by atoms with E-state index in [1.54, 1.807) is 18.4 Å². The molecule has 1 amide bonds. The Bertz CT molecular complexity index is 655. The Hall–Kier alpha value is -1.43. The van der Waals surface area contributed by atoms with Gasteiger partial charge in [0.2, 0.25) is 5.91 Å². The molecule has 3 N–H and O–H groups in total. The molecule has 1 heterocycles. The number of amides is 1. The van der Waals surface area contributed by atoms with Crippen LogP contribution in [-0.2, 0) is 16.1 Å². The Morgan fingerprint density at radius 3 is 3.05 bits per heavy atom. The van der Waals surface area contributed by atoms with E-state index in [1.165, 1.54) is 10.1 Å². The highest BCUT2D eigenvalue weighted by molar-refractivity contribution is 7.17. The number of nitrogens with two attached hydrogens (primary N) is 1. The predicted molar refractivity (Wildman–Crippen MR) is 89.8 cm³/mol. The van der Waals surface area contributed by atoms with Crippen molar-refractivity contribution in [2.24, 2.45) is 11.7 Å². The Kier molecular flexibility index (Phi) is 4.76. The van der Waals surface area contributed by atoms with Crippen molar-refractivity contribution in [3.8, 4) is 0 Å². The van der Waals surface area contributed by atoms with Crippen molar-refractivity contribution in [2.45, 2.75) is 38.0 Å². The van der Waals surface area contributed by atoms with Gasteiger partial charge in [-0.1, -0.05) is 6.07 Å². The van der Waals surface area contributed by atoms with Crippen molar-refractivity contribution in [1.29, 1.82) is 0 Å². The van der Waals surface area contributed by atoms with Gasteiger partial charge in [-0.25, -0.2) is 0 Å². The summed E-state index contributed by atoms with van der Waals surface area (Å²) in [6.45, 7) is 0.573. The van der Waals surface area contributed by atoms with Gasteiger partial charge in [0.15, 0.2) is 0 Å². The van der Waals surface area contributed by atoms with Crippen LogP contribution in [0.15, 0.2) is 29.6 Å². The molecule has 1 fully saturated rings. The van der Waals surface area contributed by atoms with E-state index in [0.717, 1.165) is 18.4 Å². The van der Waals surface area contributed by atoms with Crippen LogP contribution < -0.4 is 11.1 Å². The summed E-state index contributed by atoms with van der Waals surface area (Å²) in [4.78, 5) is 12.3. The summed E-state index contributed by atoms with van der Waals surface area (Å²) in [5.74, 6) is 0.113. The van der Waals surface area contributed by atoms with Crippen molar-refractivity contribution in [3.63, 3.8) is 0 Å². The molecule has 0 spiro atoms. The largest absolute Gasteiger partial charge is 0.380 e. The lowest BCUT2D eigenvalue weighted by Crippen LogP contribution is -2.45. The number of hydrogen-bond acceptors (Lipinski definition) is 4. The van der Waals surface area contributed by atoms with E-state index >= 15 is 0 Å². The number of carbonyl (C=O) groups excluding carboxylic acids is 1. The molecule has 1 saturated carbocycles. The topological polar surface area (TPSA) is 64.3 Å². The summed E-state index contributed by atoms with van der Waals surface area (Å²) in [6, 6.07) is 8.39. The Morgan fingerprint density at radius 1 is 1.41 bits per heavy atom. The third kappa shape index (κ3) is 3.32. The molecule has 1 aromatic heterocycles. The lowest BCUT2D eigenvalue weighted by molar-refractivity contribution is -0.127. The normalized spacial score (nSPS) is 25.3. The molecule has 5 heteroatoms. The number of carbonyl (C=O) groups is 1. The Morgan fingerprint density at radius 2 is 2.27 bits per heavy atom. The number of fused-ring (bicyclic) bond motifs is 1. The molecule has 0 bridgehead atoms. The van der Waals surface area contributed by atoms with E-state index < -0.39 is 0 Å². The second-order valence-electron chi connectivity index (χ2n) is 5.96. The average Bonchev–Trinajstić information content (AvgIpc) is 3.00. The van der Waals surface area contributed by atoms with Crippen LogP contribution in [0.25, 0.3) is 10.1 Å². The lowest BCUT2D eigenvalue weighted by Gasteiger charge is -2.32. The molecule has 3 atom stereocenters. The maximum atomic E-state index is 12.3. The minimum absolute atomic E-state index is 0.00581. The molecule has 1 aliphatic rings. The third-order valence-electron chi connectivity index (χ3n) is 4.49. The highest BCUT2D eigenvalue weighted by Gasteiger charge is 2.31. The van der Waals surface area contributed by atoms with Gasteiger partial charge in [-0.2, -0.15) is 0 Å². The molecule has 22 heavy (non-hydrogen) atoms. The zero-order valence-electron chi connectivity index (χ0n) is 12.7. The van der Waals surface area contributed by atoms with Crippen LogP contribution in [0.2, 0.25) is 0 Å². The summed E-state index contributed by atoms with van der Waals surface area (Å²) < 4.78 is 6.62. The number of ether oxygens (including phenoxy) is 1. The number of benzene rings is 1. The second kappa shape index (κ2) is 6.77. The first-order valence-corrected chi connectivity index (χ1v) is 8.57. The van der Waals surface area contributed by atoms with Crippen molar-refractivity contribution in [3.05, 3.63) is 35.2 Å². The zero-order valence-corrected chi connectivity index (χ0v) is 13.6. The molecular weight excluding hydrogens is 296 g/mol. The van der Waals surface area contributed by atoms with Crippen LogP contribution in [0.5, 0.6) is 0 Å². The number of rotatable bonds is 4. The van der Waals surface area contributed by atoms with Crippen LogP contribution in [0.3, 0.4) is 0 Å². The smallest absolute Gasteiger partial charge is 0.223 e. The number of hydrogen-bond donors (Lipinski definition) is 2. The maximum absolute atomic E-state index is 12.3. The summed E-state index contributed by atoms with van der Waals surface area (Å²) in [5, 5.41) is 6.37. The van der Waals surface area contributed by atoms with E-state index in [4.69, 9.17) is 10.5 Å². The van der Waals surface area contributed by atoms with Gasteiger partial charge in [0.05, 0.1) is 6.10 Å². The zero-order chi connectivity index (χ0) is 15.5. The fraction of sp³-hybridized carbons (Fsp3) is 0.471. The summed E-state index contributed by atoms with van der Waals surface area (Å²) in [5.41, 5.74) is 7.20. The summed E-state index contributed by atoms with van der Waals surface area (Å²) >= 11 is 1.73. The van der Waals surface area contributed by atoms with Crippen LogP contribution in [0.4, 0.5) is 0 Å². The van der Waals surface area contributed by atoms with E-state index in [9.17, 15) is 4.79 Å². The van der Waals surface area contributed by atoms with Gasteiger partial charge in [-0.3, -0.25) is 4.79 Å². The Labute approximate surface area is 134 Å². The van der Waals surface area contributed by atoms with Crippen LogP contribution >= 0.6 is 11.3 Å². The molecule has 1 aromatic carbocycles. The average molecular weight is 318 g/mol. The van der Waals surface area contributed by atoms with Crippen LogP contribution in [0, 0.1) is 5.92 Å². The van der Waals surface area contributed by atoms with Gasteiger partial charge in [0.1, 0.15) is 0 Å². The molecule has 118 valence electrons. The highest BCUT2D eigenvalue weighted by atomic mass is 32.1.